The average Bonchev–Trinajstić information content (AvgIpc) is 2.56. The summed E-state index contributed by atoms with van der Waals surface area (Å²) in [4.78, 5) is 0. The van der Waals surface area contributed by atoms with Gasteiger partial charge in [-0.05, 0) is 39.3 Å². The second-order valence-electron chi connectivity index (χ2n) is 6.36. The van der Waals surface area contributed by atoms with Gasteiger partial charge in [-0.1, -0.05) is 23.7 Å². The van der Waals surface area contributed by atoms with Crippen molar-refractivity contribution in [1.82, 2.24) is 0 Å². The van der Waals surface area contributed by atoms with Gasteiger partial charge in [-0.15, -0.1) is 0 Å². The van der Waals surface area contributed by atoms with Crippen LogP contribution in [0, 0.1) is 0 Å². The number of hydrogen-bond acceptors (Lipinski definition) is 3. The first-order valence-corrected chi connectivity index (χ1v) is 7.21. The summed E-state index contributed by atoms with van der Waals surface area (Å²) in [5.74, 6) is -0.921. The standard InChI is InChI=1S/C14H18BClF3NO2/c1-12(2)13(3,4)22-15(21-12)11(20)8-6-5-7-9(10(8)16)14(17,18)19/h5-7,11H,20H2,1-4H3/t11-/m0/s1. The molecule has 0 amide bonds. The van der Waals surface area contributed by atoms with E-state index in [0.29, 0.717) is 0 Å². The number of nitrogens with two attached hydrogens (primary N) is 1. The number of halogens is 4. The van der Waals surface area contributed by atoms with Crippen LogP contribution in [0.4, 0.5) is 13.2 Å². The largest absolute Gasteiger partial charge is 0.480 e. The summed E-state index contributed by atoms with van der Waals surface area (Å²) in [6.07, 6.45) is -4.54. The second kappa shape index (κ2) is 5.41. The second-order valence-corrected chi connectivity index (χ2v) is 6.74. The maximum atomic E-state index is 12.9. The zero-order chi connectivity index (χ0) is 16.9. The topological polar surface area (TPSA) is 44.5 Å². The summed E-state index contributed by atoms with van der Waals surface area (Å²) in [5.41, 5.74) is 4.04. The lowest BCUT2D eigenvalue weighted by Gasteiger charge is -2.32. The predicted molar refractivity (Wildman–Crippen MR) is 79.5 cm³/mol. The van der Waals surface area contributed by atoms with Crippen LogP contribution in [0.3, 0.4) is 0 Å². The maximum Gasteiger partial charge on any atom is 0.480 e. The van der Waals surface area contributed by atoms with Crippen LogP contribution >= 0.6 is 11.6 Å². The predicted octanol–water partition coefficient (Wildman–Crippen LogP) is 3.99. The molecule has 1 fully saturated rings. The highest BCUT2D eigenvalue weighted by atomic mass is 35.5. The molecule has 1 aromatic rings. The van der Waals surface area contributed by atoms with Gasteiger partial charge in [0.1, 0.15) is 0 Å². The van der Waals surface area contributed by atoms with E-state index in [4.69, 9.17) is 26.6 Å². The highest BCUT2D eigenvalue weighted by Gasteiger charge is 2.53. The maximum absolute atomic E-state index is 12.9. The summed E-state index contributed by atoms with van der Waals surface area (Å²) < 4.78 is 50.3. The van der Waals surface area contributed by atoms with E-state index in [2.05, 4.69) is 0 Å². The third-order valence-electron chi connectivity index (χ3n) is 4.26. The van der Waals surface area contributed by atoms with Gasteiger partial charge in [0.2, 0.25) is 0 Å². The fraction of sp³-hybridized carbons (Fsp3) is 0.571. The van der Waals surface area contributed by atoms with Crippen molar-refractivity contribution in [2.75, 3.05) is 0 Å². The van der Waals surface area contributed by atoms with Gasteiger partial charge in [0.25, 0.3) is 0 Å². The molecule has 0 aliphatic carbocycles. The third-order valence-corrected chi connectivity index (χ3v) is 4.68. The van der Waals surface area contributed by atoms with Crippen molar-refractivity contribution in [3.63, 3.8) is 0 Å². The van der Waals surface area contributed by atoms with Crippen LogP contribution < -0.4 is 5.73 Å². The molecule has 22 heavy (non-hydrogen) atoms. The van der Waals surface area contributed by atoms with Gasteiger partial charge in [-0.3, -0.25) is 0 Å². The summed E-state index contributed by atoms with van der Waals surface area (Å²) in [6.45, 7) is 7.36. The van der Waals surface area contributed by atoms with E-state index in [1.165, 1.54) is 12.1 Å². The van der Waals surface area contributed by atoms with Gasteiger partial charge in [0.05, 0.1) is 27.7 Å². The summed E-state index contributed by atoms with van der Waals surface area (Å²) in [5, 5.41) is -0.419. The molecular formula is C14H18BClF3NO2. The Morgan fingerprint density at radius 3 is 2.09 bits per heavy atom. The summed E-state index contributed by atoms with van der Waals surface area (Å²) >= 11 is 5.90. The van der Waals surface area contributed by atoms with Crippen LogP contribution in [-0.4, -0.2) is 18.3 Å². The monoisotopic (exact) mass is 335 g/mol. The van der Waals surface area contributed by atoms with E-state index in [1.54, 1.807) is 0 Å². The molecule has 1 aliphatic rings. The van der Waals surface area contributed by atoms with Crippen molar-refractivity contribution in [2.45, 2.75) is 51.0 Å². The van der Waals surface area contributed by atoms with Crippen LogP contribution in [0.5, 0.6) is 0 Å². The number of alkyl halides is 3. The molecule has 0 aromatic heterocycles. The van der Waals surface area contributed by atoms with E-state index in [1.807, 2.05) is 27.7 Å². The van der Waals surface area contributed by atoms with E-state index in [0.717, 1.165) is 6.07 Å². The molecule has 3 nitrogen and oxygen atoms in total. The lowest BCUT2D eigenvalue weighted by molar-refractivity contribution is -0.137. The van der Waals surface area contributed by atoms with Crippen molar-refractivity contribution in [3.05, 3.63) is 34.3 Å². The van der Waals surface area contributed by atoms with Crippen LogP contribution in [-0.2, 0) is 15.5 Å². The fourth-order valence-corrected chi connectivity index (χ4v) is 2.57. The minimum atomic E-state index is -4.54. The van der Waals surface area contributed by atoms with Gasteiger partial charge >= 0.3 is 13.3 Å². The molecule has 2 rings (SSSR count). The first kappa shape index (κ1) is 17.6. The van der Waals surface area contributed by atoms with Crippen molar-refractivity contribution in [3.8, 4) is 0 Å². The van der Waals surface area contributed by atoms with Crippen LogP contribution in [0.25, 0.3) is 0 Å². The Labute approximate surface area is 133 Å². The van der Waals surface area contributed by atoms with Crippen LogP contribution in [0.1, 0.15) is 44.8 Å². The molecule has 0 bridgehead atoms. The number of hydrogen-bond donors (Lipinski definition) is 1. The highest BCUT2D eigenvalue weighted by molar-refractivity contribution is 6.48. The summed E-state index contributed by atoms with van der Waals surface area (Å²) in [6, 6.07) is 3.64. The summed E-state index contributed by atoms with van der Waals surface area (Å²) in [7, 11) is -0.869. The molecular weight excluding hydrogens is 317 g/mol. The Morgan fingerprint density at radius 2 is 1.64 bits per heavy atom. The first-order valence-electron chi connectivity index (χ1n) is 6.83. The minimum absolute atomic E-state index is 0.148. The van der Waals surface area contributed by atoms with E-state index in [-0.39, 0.29) is 5.56 Å². The van der Waals surface area contributed by atoms with Gasteiger partial charge in [-0.25, -0.2) is 0 Å². The fourth-order valence-electron chi connectivity index (χ4n) is 2.21. The molecule has 1 saturated heterocycles. The zero-order valence-electron chi connectivity index (χ0n) is 12.8. The molecule has 1 aromatic carbocycles. The third kappa shape index (κ3) is 3.00. The normalized spacial score (nSPS) is 22.0. The number of benzene rings is 1. The average molecular weight is 336 g/mol. The van der Waals surface area contributed by atoms with Gasteiger partial charge in [0, 0.05) is 0 Å². The van der Waals surface area contributed by atoms with Crippen LogP contribution in [0.15, 0.2) is 18.2 Å². The zero-order valence-corrected chi connectivity index (χ0v) is 13.5. The Morgan fingerprint density at radius 1 is 1.14 bits per heavy atom. The highest BCUT2D eigenvalue weighted by Crippen LogP contribution is 2.42. The Hall–Kier alpha value is -0.755. The molecule has 2 N–H and O–H groups in total. The van der Waals surface area contributed by atoms with E-state index in [9.17, 15) is 13.2 Å². The first-order chi connectivity index (χ1) is 9.87. The van der Waals surface area contributed by atoms with Crippen molar-refractivity contribution >= 4 is 18.7 Å². The van der Waals surface area contributed by atoms with Crippen LogP contribution in [0.2, 0.25) is 5.02 Å². The molecule has 1 aliphatic heterocycles. The molecule has 0 radical (unpaired) electrons. The lowest BCUT2D eigenvalue weighted by Crippen LogP contribution is -2.41. The Bertz CT molecular complexity index is 562. The van der Waals surface area contributed by atoms with Gasteiger partial charge in [-0.2, -0.15) is 13.2 Å². The molecule has 0 spiro atoms. The van der Waals surface area contributed by atoms with E-state index < -0.39 is 41.0 Å². The molecule has 8 heteroatoms. The Kier molecular flexibility index (Phi) is 4.32. The van der Waals surface area contributed by atoms with Crippen molar-refractivity contribution in [1.29, 1.82) is 0 Å². The smallest absolute Gasteiger partial charge is 0.402 e. The molecule has 122 valence electrons. The lowest BCUT2D eigenvalue weighted by atomic mass is 9.74. The molecule has 0 unspecified atom stereocenters. The van der Waals surface area contributed by atoms with Gasteiger partial charge < -0.3 is 15.0 Å². The SMILES string of the molecule is CC1(C)OB([C@@H](N)c2cccc(C(F)(F)F)c2Cl)OC1(C)C. The van der Waals surface area contributed by atoms with Gasteiger partial charge in [0.15, 0.2) is 0 Å². The van der Waals surface area contributed by atoms with Crippen molar-refractivity contribution < 1.29 is 22.5 Å². The molecule has 1 atom stereocenters. The quantitative estimate of drug-likeness (QED) is 0.831. The molecule has 1 heterocycles. The van der Waals surface area contributed by atoms with E-state index >= 15 is 0 Å². The van der Waals surface area contributed by atoms with Crippen molar-refractivity contribution in [2.24, 2.45) is 5.73 Å². The molecule has 0 saturated carbocycles. The Balaban J connectivity index is 2.34. The minimum Gasteiger partial charge on any atom is -0.402 e. The number of rotatable bonds is 2.